The van der Waals surface area contributed by atoms with E-state index < -0.39 is 9.80 Å². The van der Waals surface area contributed by atoms with Crippen molar-refractivity contribution in [2.45, 2.75) is 6.92 Å². The summed E-state index contributed by atoms with van der Waals surface area (Å²) in [6.07, 6.45) is 1.30. The van der Waals surface area contributed by atoms with Gasteiger partial charge >= 0.3 is 0 Å². The molecule has 0 fully saturated rings. The molecule has 12 heavy (non-hydrogen) atoms. The number of aryl methyl sites for hydroxylation is 1. The van der Waals surface area contributed by atoms with Crippen molar-refractivity contribution in [1.82, 2.24) is 0 Å². The summed E-state index contributed by atoms with van der Waals surface area (Å²) in [5.74, 6) is 0. The zero-order valence-electron chi connectivity index (χ0n) is 7.15. The molecule has 1 rings (SSSR count). The van der Waals surface area contributed by atoms with Gasteiger partial charge in [-0.15, -0.1) is 0 Å². The Labute approximate surface area is 73.1 Å². The lowest BCUT2D eigenvalue weighted by atomic mass is 10.2. The van der Waals surface area contributed by atoms with E-state index in [1.54, 1.807) is 0 Å². The molecular formula is C9H12O2S. The van der Waals surface area contributed by atoms with Crippen molar-refractivity contribution in [3.05, 3.63) is 35.4 Å². The SMILES string of the molecule is Cc1cccc(C=S(C)(=O)O)c1. The maximum absolute atomic E-state index is 11.0. The van der Waals surface area contributed by atoms with Crippen molar-refractivity contribution >= 4 is 15.2 Å². The molecule has 0 aromatic heterocycles. The fourth-order valence-corrected chi connectivity index (χ4v) is 1.65. The van der Waals surface area contributed by atoms with Gasteiger partial charge in [0.25, 0.3) is 0 Å². The van der Waals surface area contributed by atoms with Crippen LogP contribution in [0.15, 0.2) is 24.3 Å². The van der Waals surface area contributed by atoms with E-state index in [4.69, 9.17) is 4.55 Å². The van der Waals surface area contributed by atoms with Crippen LogP contribution < -0.4 is 0 Å². The summed E-state index contributed by atoms with van der Waals surface area (Å²) in [5, 5.41) is 1.38. The lowest BCUT2D eigenvalue weighted by Gasteiger charge is -1.97. The molecule has 0 aliphatic carbocycles. The van der Waals surface area contributed by atoms with Crippen molar-refractivity contribution in [3.63, 3.8) is 0 Å². The topological polar surface area (TPSA) is 37.3 Å². The first kappa shape index (κ1) is 9.29. The molecule has 1 unspecified atom stereocenters. The molecular weight excluding hydrogens is 172 g/mol. The van der Waals surface area contributed by atoms with Gasteiger partial charge in [0.2, 0.25) is 0 Å². The van der Waals surface area contributed by atoms with Crippen LogP contribution in [-0.4, -0.2) is 20.4 Å². The van der Waals surface area contributed by atoms with Gasteiger partial charge in [0, 0.05) is 11.6 Å². The van der Waals surface area contributed by atoms with E-state index in [0.29, 0.717) is 0 Å². The first-order valence-corrected chi connectivity index (χ1v) is 5.59. The Bertz CT molecular complexity index is 379. The monoisotopic (exact) mass is 184 g/mol. The van der Waals surface area contributed by atoms with E-state index in [0.717, 1.165) is 11.1 Å². The Morgan fingerprint density at radius 2 is 2.17 bits per heavy atom. The molecule has 0 heterocycles. The van der Waals surface area contributed by atoms with E-state index in [9.17, 15) is 4.21 Å². The fourth-order valence-electron chi connectivity index (χ4n) is 0.996. The highest BCUT2D eigenvalue weighted by Gasteiger charge is 1.93. The fraction of sp³-hybridized carbons (Fsp3) is 0.222. The predicted octanol–water partition coefficient (Wildman–Crippen LogP) is 1.53. The highest BCUT2D eigenvalue weighted by atomic mass is 32.2. The molecule has 1 aromatic rings. The van der Waals surface area contributed by atoms with Crippen LogP contribution in [0.25, 0.3) is 0 Å². The van der Waals surface area contributed by atoms with Crippen LogP contribution >= 0.6 is 0 Å². The van der Waals surface area contributed by atoms with Gasteiger partial charge in [-0.05, 0) is 12.5 Å². The highest BCUT2D eigenvalue weighted by Crippen LogP contribution is 2.01. The van der Waals surface area contributed by atoms with E-state index in [1.807, 2.05) is 31.2 Å². The Kier molecular flexibility index (Phi) is 2.55. The van der Waals surface area contributed by atoms with Gasteiger partial charge in [-0.3, -0.25) is 0 Å². The molecule has 0 aliphatic heterocycles. The lowest BCUT2D eigenvalue weighted by Crippen LogP contribution is -1.99. The second-order valence-electron chi connectivity index (χ2n) is 2.89. The highest BCUT2D eigenvalue weighted by molar-refractivity contribution is 7.95. The average Bonchev–Trinajstić information content (AvgIpc) is 1.82. The molecule has 0 radical (unpaired) electrons. The van der Waals surface area contributed by atoms with Gasteiger partial charge < -0.3 is 4.55 Å². The second kappa shape index (κ2) is 3.29. The number of rotatable bonds is 1. The third-order valence-corrected chi connectivity index (χ3v) is 2.11. The van der Waals surface area contributed by atoms with Crippen molar-refractivity contribution in [2.24, 2.45) is 0 Å². The first-order valence-electron chi connectivity index (χ1n) is 3.60. The molecule has 1 N–H and O–H groups in total. The minimum atomic E-state index is -2.77. The van der Waals surface area contributed by atoms with Crippen LogP contribution in [0.2, 0.25) is 0 Å². The van der Waals surface area contributed by atoms with Crippen LogP contribution in [0.4, 0.5) is 0 Å². The molecule has 0 saturated carbocycles. The maximum atomic E-state index is 11.0. The van der Waals surface area contributed by atoms with Crippen molar-refractivity contribution in [3.8, 4) is 0 Å². The summed E-state index contributed by atoms with van der Waals surface area (Å²) in [7, 11) is -2.77. The summed E-state index contributed by atoms with van der Waals surface area (Å²) in [4.78, 5) is 0. The summed E-state index contributed by atoms with van der Waals surface area (Å²) >= 11 is 0. The molecule has 1 aromatic carbocycles. The van der Waals surface area contributed by atoms with E-state index in [-0.39, 0.29) is 0 Å². The van der Waals surface area contributed by atoms with Crippen molar-refractivity contribution in [1.29, 1.82) is 0 Å². The molecule has 66 valence electrons. The summed E-state index contributed by atoms with van der Waals surface area (Å²) in [6, 6.07) is 7.50. The second-order valence-corrected chi connectivity index (χ2v) is 4.85. The molecule has 0 bridgehead atoms. The third-order valence-electron chi connectivity index (χ3n) is 1.40. The van der Waals surface area contributed by atoms with E-state index in [2.05, 4.69) is 0 Å². The average molecular weight is 184 g/mol. The maximum Gasteiger partial charge on any atom is 0.0791 e. The number of benzene rings is 1. The van der Waals surface area contributed by atoms with Gasteiger partial charge in [0.15, 0.2) is 0 Å². The van der Waals surface area contributed by atoms with Crippen LogP contribution in [0.3, 0.4) is 0 Å². The Morgan fingerprint density at radius 1 is 1.50 bits per heavy atom. The molecule has 0 aliphatic rings. The molecule has 2 nitrogen and oxygen atoms in total. The lowest BCUT2D eigenvalue weighted by molar-refractivity contribution is 0.566. The van der Waals surface area contributed by atoms with Crippen LogP contribution in [-0.2, 0) is 9.80 Å². The third kappa shape index (κ3) is 3.07. The van der Waals surface area contributed by atoms with Gasteiger partial charge in [0.05, 0.1) is 9.80 Å². The summed E-state index contributed by atoms with van der Waals surface area (Å²) in [6.45, 7) is 1.95. The van der Waals surface area contributed by atoms with Crippen molar-refractivity contribution in [2.75, 3.05) is 6.26 Å². The van der Waals surface area contributed by atoms with Crippen LogP contribution in [0.1, 0.15) is 11.1 Å². The Balaban J connectivity index is 3.15. The zero-order chi connectivity index (χ0) is 9.19. The minimum Gasteiger partial charge on any atom is -0.314 e. The normalized spacial score (nSPS) is 15.2. The van der Waals surface area contributed by atoms with Gasteiger partial charge in [0.1, 0.15) is 0 Å². The predicted molar refractivity (Wildman–Crippen MR) is 53.0 cm³/mol. The summed E-state index contributed by atoms with van der Waals surface area (Å²) in [5.41, 5.74) is 1.89. The molecule has 0 saturated heterocycles. The molecule has 0 spiro atoms. The first-order chi connectivity index (χ1) is 5.47. The Morgan fingerprint density at radius 3 is 2.67 bits per heavy atom. The van der Waals surface area contributed by atoms with Crippen molar-refractivity contribution < 1.29 is 8.76 Å². The van der Waals surface area contributed by atoms with Gasteiger partial charge in [-0.1, -0.05) is 29.8 Å². The number of hydrogen-bond donors (Lipinski definition) is 1. The largest absolute Gasteiger partial charge is 0.314 e. The van der Waals surface area contributed by atoms with Gasteiger partial charge in [-0.25, -0.2) is 4.21 Å². The van der Waals surface area contributed by atoms with Crippen LogP contribution in [0, 0.1) is 6.92 Å². The van der Waals surface area contributed by atoms with E-state index in [1.165, 1.54) is 11.6 Å². The molecule has 3 heteroatoms. The van der Waals surface area contributed by atoms with E-state index >= 15 is 0 Å². The summed E-state index contributed by atoms with van der Waals surface area (Å²) < 4.78 is 20.0. The number of hydrogen-bond acceptors (Lipinski definition) is 1. The standard InChI is InChI=1S/C9H12O2S/c1-8-4-3-5-9(6-8)7-12(2,10)11/h3-7H,1-2H3,(H,10,11). The zero-order valence-corrected chi connectivity index (χ0v) is 7.97. The van der Waals surface area contributed by atoms with Crippen LogP contribution in [0.5, 0.6) is 0 Å². The minimum absolute atomic E-state index is 0.796. The van der Waals surface area contributed by atoms with Gasteiger partial charge in [-0.2, -0.15) is 0 Å². The Hall–Kier alpha value is -0.800. The molecule has 0 amide bonds. The quantitative estimate of drug-likeness (QED) is 0.672. The molecule has 1 atom stereocenters. The smallest absolute Gasteiger partial charge is 0.0791 e.